The second-order valence-corrected chi connectivity index (χ2v) is 13.5. The van der Waals surface area contributed by atoms with E-state index in [9.17, 15) is 22.4 Å². The summed E-state index contributed by atoms with van der Waals surface area (Å²) in [7, 11) is 2.94. The average molecular weight is 724 g/mol. The maximum atomic E-state index is 16.1. The highest BCUT2D eigenvalue weighted by molar-refractivity contribution is 7.18. The molecular weight excluding hydrogens is 689 g/mol. The zero-order valence-corrected chi connectivity index (χ0v) is 28.9. The second-order valence-electron chi connectivity index (χ2n) is 12.6. The number of alkyl halides is 3. The summed E-state index contributed by atoms with van der Waals surface area (Å²) >= 11 is 1.29. The summed E-state index contributed by atoms with van der Waals surface area (Å²) in [5, 5.41) is 7.22. The van der Waals surface area contributed by atoms with E-state index in [0.29, 0.717) is 63.4 Å². The van der Waals surface area contributed by atoms with Crippen molar-refractivity contribution in [2.75, 3.05) is 40.5 Å². The molecule has 2 unspecified atom stereocenters. The van der Waals surface area contributed by atoms with Crippen LogP contribution in [0.4, 0.5) is 22.0 Å². The number of aromatic nitrogens is 3. The molecule has 8 nitrogen and oxygen atoms in total. The highest BCUT2D eigenvalue weighted by atomic mass is 32.1. The van der Waals surface area contributed by atoms with Gasteiger partial charge in [-0.2, -0.15) is 18.3 Å². The number of thiophene rings is 1. The van der Waals surface area contributed by atoms with E-state index in [1.165, 1.54) is 36.5 Å². The monoisotopic (exact) mass is 723 g/mol. The standard InChI is InChI=1S/C37H34F5N5O3S/c1-5-30(48)46-11-12-47-28(20(46)2)19-27(44-47)34-32(31-26(39)17-23(38)18-29(31)50-14-13-49-4)35-24(9-15-51-35)33(43-34)22-7-6-21-8-10-45(3)36(25(21)16-22)37(40,41)42/h5-7,9,15-20,36H,1,8,10-14H2,2-4H3. The number of benzene rings is 2. The number of pyridine rings is 1. The third kappa shape index (κ3) is 6.19. The molecule has 0 saturated heterocycles. The fourth-order valence-corrected chi connectivity index (χ4v) is 8.10. The molecule has 0 fully saturated rings. The second kappa shape index (κ2) is 13.5. The molecule has 7 rings (SSSR count). The van der Waals surface area contributed by atoms with Crippen LogP contribution in [0.15, 0.2) is 60.5 Å². The molecule has 0 bridgehead atoms. The molecule has 5 aromatic rings. The Labute approximate surface area is 294 Å². The van der Waals surface area contributed by atoms with Gasteiger partial charge in [-0.1, -0.05) is 18.7 Å². The summed E-state index contributed by atoms with van der Waals surface area (Å²) in [6.45, 7) is 6.66. The van der Waals surface area contributed by atoms with Crippen LogP contribution in [0.2, 0.25) is 0 Å². The molecule has 2 atom stereocenters. The summed E-state index contributed by atoms with van der Waals surface area (Å²) in [5.41, 5.74) is 3.11. The van der Waals surface area contributed by atoms with Gasteiger partial charge in [-0.25, -0.2) is 13.8 Å². The van der Waals surface area contributed by atoms with Crippen molar-refractivity contribution in [3.05, 3.63) is 89.0 Å². The van der Waals surface area contributed by atoms with Gasteiger partial charge in [0.05, 0.1) is 36.1 Å². The minimum Gasteiger partial charge on any atom is -0.490 e. The Bertz CT molecular complexity index is 2160. The molecule has 266 valence electrons. The van der Waals surface area contributed by atoms with Gasteiger partial charge in [-0.3, -0.25) is 14.4 Å². The number of hydrogen-bond acceptors (Lipinski definition) is 7. The molecule has 5 heterocycles. The van der Waals surface area contributed by atoms with Gasteiger partial charge in [0.25, 0.3) is 0 Å². The van der Waals surface area contributed by atoms with Crippen molar-refractivity contribution in [3.63, 3.8) is 0 Å². The SMILES string of the molecule is C=CC(=O)N1CCn2nc(-c3nc(-c4ccc5c(c4)C(C(F)(F)F)N(C)CC5)c4ccsc4c3-c3c(F)cc(F)cc3OCCOC)cc2C1C. The van der Waals surface area contributed by atoms with Gasteiger partial charge in [-0.05, 0) is 61.2 Å². The first kappa shape index (κ1) is 34.8. The number of carbonyl (C=O) groups is 1. The zero-order chi connectivity index (χ0) is 36.2. The fraction of sp³-hybridized carbons (Fsp3) is 0.324. The predicted octanol–water partition coefficient (Wildman–Crippen LogP) is 7.98. The maximum Gasteiger partial charge on any atom is 0.408 e. The molecule has 3 aromatic heterocycles. The number of amides is 1. The first-order chi connectivity index (χ1) is 24.4. The minimum absolute atomic E-state index is 0.00816. The molecule has 0 N–H and O–H groups in total. The lowest BCUT2D eigenvalue weighted by Gasteiger charge is -2.36. The van der Waals surface area contributed by atoms with Gasteiger partial charge in [0.1, 0.15) is 41.4 Å². The van der Waals surface area contributed by atoms with Crippen molar-refractivity contribution < 1.29 is 36.2 Å². The highest BCUT2D eigenvalue weighted by Gasteiger charge is 2.46. The molecule has 0 saturated carbocycles. The lowest BCUT2D eigenvalue weighted by molar-refractivity contribution is -0.185. The summed E-state index contributed by atoms with van der Waals surface area (Å²) in [6, 6.07) is 8.28. The lowest BCUT2D eigenvalue weighted by Crippen LogP contribution is -2.40. The van der Waals surface area contributed by atoms with Crippen LogP contribution in [-0.2, 0) is 22.5 Å². The quantitative estimate of drug-likeness (QED) is 0.0919. The fourth-order valence-electron chi connectivity index (χ4n) is 7.15. The molecule has 0 spiro atoms. The Morgan fingerprint density at radius 1 is 1.06 bits per heavy atom. The molecule has 51 heavy (non-hydrogen) atoms. The van der Waals surface area contributed by atoms with Gasteiger partial charge < -0.3 is 14.4 Å². The highest BCUT2D eigenvalue weighted by Crippen LogP contribution is 2.49. The lowest BCUT2D eigenvalue weighted by atomic mass is 9.89. The third-order valence-electron chi connectivity index (χ3n) is 9.58. The van der Waals surface area contributed by atoms with E-state index in [-0.39, 0.29) is 54.3 Å². The first-order valence-electron chi connectivity index (χ1n) is 16.3. The Balaban J connectivity index is 1.49. The number of methoxy groups -OCH3 is 1. The molecule has 2 aliphatic heterocycles. The molecule has 14 heteroatoms. The smallest absolute Gasteiger partial charge is 0.408 e. The van der Waals surface area contributed by atoms with E-state index in [1.54, 1.807) is 45.3 Å². The van der Waals surface area contributed by atoms with E-state index < -0.39 is 23.9 Å². The maximum absolute atomic E-state index is 16.1. The normalized spacial score (nSPS) is 17.8. The van der Waals surface area contributed by atoms with Crippen molar-refractivity contribution in [3.8, 4) is 39.5 Å². The van der Waals surface area contributed by atoms with Gasteiger partial charge in [-0.15, -0.1) is 11.3 Å². The molecule has 2 aromatic carbocycles. The van der Waals surface area contributed by atoms with Gasteiger partial charge in [0.15, 0.2) is 0 Å². The van der Waals surface area contributed by atoms with E-state index in [0.717, 1.165) is 12.1 Å². The number of fused-ring (bicyclic) bond motifs is 3. The minimum atomic E-state index is -4.50. The molecule has 1 amide bonds. The summed E-state index contributed by atoms with van der Waals surface area (Å²) < 4.78 is 87.4. The number of nitrogens with zero attached hydrogens (tertiary/aromatic N) is 5. The van der Waals surface area contributed by atoms with Gasteiger partial charge in [0, 0.05) is 53.5 Å². The van der Waals surface area contributed by atoms with Gasteiger partial charge >= 0.3 is 6.18 Å². The topological polar surface area (TPSA) is 72.7 Å². The number of hydrogen-bond donors (Lipinski definition) is 0. The molecule has 0 radical (unpaired) electrons. The summed E-state index contributed by atoms with van der Waals surface area (Å²) in [4.78, 5) is 20.7. The van der Waals surface area contributed by atoms with Crippen molar-refractivity contribution in [1.29, 1.82) is 0 Å². The van der Waals surface area contributed by atoms with Crippen molar-refractivity contribution in [2.24, 2.45) is 0 Å². The number of likely N-dealkylation sites (N-methyl/N-ethyl adjacent to an activating group) is 1. The molecular formula is C37H34F5N5O3S. The van der Waals surface area contributed by atoms with Crippen LogP contribution in [0, 0.1) is 11.6 Å². The van der Waals surface area contributed by atoms with Crippen LogP contribution in [0.5, 0.6) is 5.75 Å². The van der Waals surface area contributed by atoms with E-state index >= 15 is 4.39 Å². The number of rotatable bonds is 8. The van der Waals surface area contributed by atoms with Crippen LogP contribution in [0.25, 0.3) is 43.9 Å². The molecule has 2 aliphatic rings. The summed E-state index contributed by atoms with van der Waals surface area (Å²) in [5.74, 6) is -2.04. The largest absolute Gasteiger partial charge is 0.490 e. The van der Waals surface area contributed by atoms with Crippen molar-refractivity contribution in [1.82, 2.24) is 24.6 Å². The Hall–Kier alpha value is -4.66. The number of carbonyl (C=O) groups excluding carboxylic acids is 1. The molecule has 0 aliphatic carbocycles. The predicted molar refractivity (Wildman–Crippen MR) is 184 cm³/mol. The van der Waals surface area contributed by atoms with Crippen molar-refractivity contribution in [2.45, 2.75) is 38.1 Å². The van der Waals surface area contributed by atoms with Gasteiger partial charge in [0.2, 0.25) is 5.91 Å². The van der Waals surface area contributed by atoms with E-state index in [2.05, 4.69) is 6.58 Å². The average Bonchev–Trinajstić information content (AvgIpc) is 3.75. The van der Waals surface area contributed by atoms with Crippen LogP contribution in [0.3, 0.4) is 0 Å². The van der Waals surface area contributed by atoms with Crippen molar-refractivity contribution >= 4 is 27.3 Å². The van der Waals surface area contributed by atoms with Crippen LogP contribution in [0.1, 0.15) is 35.8 Å². The Morgan fingerprint density at radius 2 is 1.86 bits per heavy atom. The third-order valence-corrected chi connectivity index (χ3v) is 10.5. The van der Waals surface area contributed by atoms with Crippen LogP contribution in [-0.4, -0.2) is 77.1 Å². The Kier molecular flexibility index (Phi) is 9.19. The van der Waals surface area contributed by atoms with E-state index in [4.69, 9.17) is 19.6 Å². The first-order valence-corrected chi connectivity index (χ1v) is 17.2. The summed E-state index contributed by atoms with van der Waals surface area (Å²) in [6.07, 6.45) is -2.79. The van der Waals surface area contributed by atoms with Crippen LogP contribution < -0.4 is 4.74 Å². The number of halogens is 5. The Morgan fingerprint density at radius 3 is 2.61 bits per heavy atom. The zero-order valence-electron chi connectivity index (χ0n) is 28.1. The van der Waals surface area contributed by atoms with Crippen LogP contribution >= 0.6 is 11.3 Å². The number of ether oxygens (including phenoxy) is 2. The van der Waals surface area contributed by atoms with E-state index in [1.807, 2.05) is 6.92 Å².